The Kier molecular flexibility index (Phi) is 7.73. The summed E-state index contributed by atoms with van der Waals surface area (Å²) >= 11 is 0. The lowest BCUT2D eigenvalue weighted by molar-refractivity contribution is -0.147. The van der Waals surface area contributed by atoms with Crippen molar-refractivity contribution in [2.24, 2.45) is 0 Å². The minimum atomic E-state index is -0.394. The smallest absolute Gasteiger partial charge is 0.327 e. The highest BCUT2D eigenvalue weighted by molar-refractivity contribution is 6.02. The number of carbonyl (C=O) groups excluding carboxylic acids is 2. The molecule has 1 aliphatic rings. The molecule has 0 aromatic heterocycles. The van der Waals surface area contributed by atoms with Gasteiger partial charge in [-0.1, -0.05) is 60.7 Å². The van der Waals surface area contributed by atoms with Crippen LogP contribution in [-0.4, -0.2) is 50.1 Å². The van der Waals surface area contributed by atoms with E-state index in [-0.39, 0.29) is 11.9 Å². The van der Waals surface area contributed by atoms with Crippen molar-refractivity contribution < 1.29 is 14.3 Å². The molecule has 6 nitrogen and oxygen atoms in total. The Morgan fingerprint density at radius 1 is 0.853 bits per heavy atom. The van der Waals surface area contributed by atoms with Gasteiger partial charge in [-0.2, -0.15) is 0 Å². The lowest BCUT2D eigenvalue weighted by Crippen LogP contribution is -2.49. The predicted molar refractivity (Wildman–Crippen MR) is 136 cm³/mol. The number of amides is 1. The molecule has 1 aliphatic heterocycles. The number of ether oxygens (including phenoxy) is 1. The summed E-state index contributed by atoms with van der Waals surface area (Å²) in [5.41, 5.74) is 3.77. The molecule has 1 atom stereocenters. The van der Waals surface area contributed by atoms with Gasteiger partial charge in [-0.3, -0.25) is 9.69 Å². The van der Waals surface area contributed by atoms with Gasteiger partial charge in [0.15, 0.2) is 0 Å². The molecule has 0 spiro atoms. The Bertz CT molecular complexity index is 1110. The first-order valence-electron chi connectivity index (χ1n) is 11.4. The van der Waals surface area contributed by atoms with Crippen LogP contribution in [0.25, 0.3) is 6.08 Å². The Morgan fingerprint density at radius 3 is 2.09 bits per heavy atom. The second-order valence-corrected chi connectivity index (χ2v) is 8.14. The fraction of sp³-hybridized carbons (Fsp3) is 0.214. The number of carbonyl (C=O) groups is 2. The maximum Gasteiger partial charge on any atom is 0.327 e. The number of nitrogens with one attached hydrogen (secondary N) is 1. The monoisotopic (exact) mass is 455 g/mol. The summed E-state index contributed by atoms with van der Waals surface area (Å²) in [4.78, 5) is 29.2. The molecule has 0 radical (unpaired) electrons. The first kappa shape index (κ1) is 23.3. The molecule has 174 valence electrons. The van der Waals surface area contributed by atoms with E-state index in [1.807, 2.05) is 84.9 Å². The summed E-state index contributed by atoms with van der Waals surface area (Å²) < 4.78 is 5.09. The van der Waals surface area contributed by atoms with Crippen molar-refractivity contribution in [1.29, 1.82) is 0 Å². The van der Waals surface area contributed by atoms with Crippen LogP contribution in [0.2, 0.25) is 0 Å². The zero-order valence-corrected chi connectivity index (χ0v) is 19.3. The van der Waals surface area contributed by atoms with Crippen LogP contribution in [-0.2, 0) is 14.3 Å². The Hall–Kier alpha value is -3.90. The maximum absolute atomic E-state index is 12.5. The van der Waals surface area contributed by atoms with Crippen LogP contribution in [0.1, 0.15) is 17.2 Å². The van der Waals surface area contributed by atoms with Gasteiger partial charge < -0.3 is 15.0 Å². The van der Waals surface area contributed by atoms with Gasteiger partial charge in [0, 0.05) is 43.6 Å². The van der Waals surface area contributed by atoms with Gasteiger partial charge in [0.25, 0.3) is 0 Å². The van der Waals surface area contributed by atoms with Crippen molar-refractivity contribution in [3.8, 4) is 0 Å². The number of hydrogen-bond acceptors (Lipinski definition) is 5. The number of hydrogen-bond donors (Lipinski definition) is 1. The number of methoxy groups -OCH3 is 1. The van der Waals surface area contributed by atoms with Crippen LogP contribution in [0.15, 0.2) is 91.0 Å². The Balaban J connectivity index is 1.33. The van der Waals surface area contributed by atoms with Gasteiger partial charge in [0.2, 0.25) is 5.91 Å². The molecular formula is C28H29N3O3. The maximum atomic E-state index is 12.5. The lowest BCUT2D eigenvalue weighted by Gasteiger charge is -2.39. The normalized spacial score (nSPS) is 15.1. The van der Waals surface area contributed by atoms with E-state index < -0.39 is 6.04 Å². The zero-order valence-electron chi connectivity index (χ0n) is 19.3. The molecule has 1 N–H and O–H groups in total. The van der Waals surface area contributed by atoms with Crippen LogP contribution < -0.4 is 10.2 Å². The van der Waals surface area contributed by atoms with E-state index >= 15 is 0 Å². The molecule has 0 aliphatic carbocycles. The predicted octanol–water partition coefficient (Wildman–Crippen LogP) is 4.37. The van der Waals surface area contributed by atoms with Crippen molar-refractivity contribution >= 4 is 29.3 Å². The van der Waals surface area contributed by atoms with Crippen molar-refractivity contribution in [2.75, 3.05) is 43.5 Å². The molecular weight excluding hydrogens is 426 g/mol. The minimum Gasteiger partial charge on any atom is -0.468 e. The van der Waals surface area contributed by atoms with E-state index in [1.165, 1.54) is 13.2 Å². The average molecular weight is 456 g/mol. The number of esters is 1. The average Bonchev–Trinajstić information content (AvgIpc) is 2.90. The standard InChI is InChI=1S/C28H29N3O3/c1-34-28(33)27(23-10-6-3-7-11-23)31-20-18-30(19-21-31)25-15-13-24(14-16-25)29-26(32)17-12-22-8-4-2-5-9-22/h2-17,27H,18-21H2,1H3,(H,29,32). The van der Waals surface area contributed by atoms with Crippen LogP contribution >= 0.6 is 0 Å². The summed E-state index contributed by atoms with van der Waals surface area (Å²) in [6, 6.07) is 27.0. The molecule has 4 rings (SSSR count). The molecule has 1 fully saturated rings. The molecule has 1 amide bonds. The number of nitrogens with zero attached hydrogens (tertiary/aromatic N) is 2. The summed E-state index contributed by atoms with van der Waals surface area (Å²) in [6.07, 6.45) is 3.33. The zero-order chi connectivity index (χ0) is 23.8. The molecule has 3 aromatic carbocycles. The number of piperazine rings is 1. The van der Waals surface area contributed by atoms with E-state index in [0.29, 0.717) is 0 Å². The van der Waals surface area contributed by atoms with Crippen molar-refractivity contribution in [2.45, 2.75) is 6.04 Å². The highest BCUT2D eigenvalue weighted by atomic mass is 16.5. The third kappa shape index (κ3) is 5.91. The van der Waals surface area contributed by atoms with Crippen LogP contribution in [0.3, 0.4) is 0 Å². The number of anilines is 2. The number of benzene rings is 3. The summed E-state index contributed by atoms with van der Waals surface area (Å²) in [5, 5.41) is 2.90. The fourth-order valence-electron chi connectivity index (χ4n) is 4.16. The molecule has 1 heterocycles. The van der Waals surface area contributed by atoms with E-state index in [0.717, 1.165) is 48.7 Å². The largest absolute Gasteiger partial charge is 0.468 e. The molecule has 1 saturated heterocycles. The summed E-state index contributed by atoms with van der Waals surface area (Å²) in [7, 11) is 1.44. The van der Waals surface area contributed by atoms with Crippen LogP contribution in [0.5, 0.6) is 0 Å². The first-order valence-corrected chi connectivity index (χ1v) is 11.4. The van der Waals surface area contributed by atoms with Gasteiger partial charge in [0.1, 0.15) is 6.04 Å². The highest BCUT2D eigenvalue weighted by Gasteiger charge is 2.31. The Labute approximate surface area is 200 Å². The Morgan fingerprint density at radius 2 is 1.47 bits per heavy atom. The quantitative estimate of drug-likeness (QED) is 0.423. The van der Waals surface area contributed by atoms with Crippen LogP contribution in [0.4, 0.5) is 11.4 Å². The van der Waals surface area contributed by atoms with Crippen LogP contribution in [0, 0.1) is 0 Å². The van der Waals surface area contributed by atoms with Gasteiger partial charge in [-0.25, -0.2) is 4.79 Å². The van der Waals surface area contributed by atoms with Gasteiger partial charge in [-0.05, 0) is 41.5 Å². The highest BCUT2D eigenvalue weighted by Crippen LogP contribution is 2.26. The lowest BCUT2D eigenvalue weighted by atomic mass is 10.0. The van der Waals surface area contributed by atoms with E-state index in [4.69, 9.17) is 4.74 Å². The van der Waals surface area contributed by atoms with E-state index in [1.54, 1.807) is 6.08 Å². The molecule has 1 unspecified atom stereocenters. The molecule has 0 bridgehead atoms. The molecule has 34 heavy (non-hydrogen) atoms. The van der Waals surface area contributed by atoms with Gasteiger partial charge in [0.05, 0.1) is 7.11 Å². The van der Waals surface area contributed by atoms with Crippen molar-refractivity contribution in [1.82, 2.24) is 4.90 Å². The second kappa shape index (κ2) is 11.3. The minimum absolute atomic E-state index is 0.167. The third-order valence-corrected chi connectivity index (χ3v) is 5.95. The third-order valence-electron chi connectivity index (χ3n) is 5.95. The second-order valence-electron chi connectivity index (χ2n) is 8.14. The fourth-order valence-corrected chi connectivity index (χ4v) is 4.16. The van der Waals surface area contributed by atoms with Crippen molar-refractivity contribution in [3.05, 3.63) is 102 Å². The van der Waals surface area contributed by atoms with Crippen molar-refractivity contribution in [3.63, 3.8) is 0 Å². The topological polar surface area (TPSA) is 61.9 Å². The summed E-state index contributed by atoms with van der Waals surface area (Å²) in [5.74, 6) is -0.402. The summed E-state index contributed by atoms with van der Waals surface area (Å²) in [6.45, 7) is 3.09. The van der Waals surface area contributed by atoms with Gasteiger partial charge in [-0.15, -0.1) is 0 Å². The molecule has 0 saturated carbocycles. The van der Waals surface area contributed by atoms with E-state index in [2.05, 4.69) is 15.1 Å². The molecule has 3 aromatic rings. The first-order chi connectivity index (χ1) is 16.6. The number of rotatable bonds is 7. The van der Waals surface area contributed by atoms with Gasteiger partial charge >= 0.3 is 5.97 Å². The van der Waals surface area contributed by atoms with E-state index in [9.17, 15) is 9.59 Å². The SMILES string of the molecule is COC(=O)C(c1ccccc1)N1CCN(c2ccc(NC(=O)C=Cc3ccccc3)cc2)CC1. The molecule has 6 heteroatoms.